The van der Waals surface area contributed by atoms with Crippen molar-refractivity contribution in [1.82, 2.24) is 4.98 Å². The van der Waals surface area contributed by atoms with Crippen LogP contribution in [-0.2, 0) is 0 Å². The first-order valence-corrected chi connectivity index (χ1v) is 10.4. The number of rotatable bonds is 5. The number of fused-ring (bicyclic) bond motifs is 1. The van der Waals surface area contributed by atoms with Gasteiger partial charge >= 0.3 is 0 Å². The molecule has 0 aliphatic carbocycles. The maximum absolute atomic E-state index is 12.7. The van der Waals surface area contributed by atoms with Gasteiger partial charge in [0.1, 0.15) is 5.52 Å². The molecule has 162 valence electrons. The minimum absolute atomic E-state index is 0.121. The minimum Gasteiger partial charge on any atom is -0.436 e. The molecule has 7 nitrogen and oxygen atoms in total. The number of halogens is 1. The van der Waals surface area contributed by atoms with E-state index in [4.69, 9.17) is 16.0 Å². The van der Waals surface area contributed by atoms with E-state index in [1.807, 2.05) is 18.2 Å². The van der Waals surface area contributed by atoms with E-state index in [9.17, 15) is 14.9 Å². The first-order chi connectivity index (χ1) is 15.2. The molecule has 1 N–H and O–H groups in total. The Morgan fingerprint density at radius 1 is 1.12 bits per heavy atom. The van der Waals surface area contributed by atoms with Gasteiger partial charge in [-0.2, -0.15) is 0 Å². The lowest BCUT2D eigenvalue weighted by Gasteiger charge is -2.09. The topological polar surface area (TPSA) is 98.3 Å². The van der Waals surface area contributed by atoms with Crippen LogP contribution in [0.5, 0.6) is 0 Å². The van der Waals surface area contributed by atoms with E-state index < -0.39 is 10.8 Å². The van der Waals surface area contributed by atoms with Crippen LogP contribution in [-0.4, -0.2) is 15.8 Å². The Morgan fingerprint density at radius 2 is 1.91 bits per heavy atom. The van der Waals surface area contributed by atoms with Crippen LogP contribution in [0.25, 0.3) is 22.6 Å². The van der Waals surface area contributed by atoms with Crippen LogP contribution in [0.1, 0.15) is 41.3 Å². The zero-order valence-corrected chi connectivity index (χ0v) is 18.4. The second-order valence-corrected chi connectivity index (χ2v) is 8.22. The predicted molar refractivity (Wildman–Crippen MR) is 124 cm³/mol. The highest BCUT2D eigenvalue weighted by atomic mass is 35.5. The SMILES string of the molecule is Cc1ccc(C(=O)Nc2cc(-c3nc4cc(C(C)C)ccc4o3)ccc2Cl)cc1[N+](=O)[O-]. The van der Waals surface area contributed by atoms with Crippen LogP contribution in [0.3, 0.4) is 0 Å². The summed E-state index contributed by atoms with van der Waals surface area (Å²) in [6, 6.07) is 15.3. The molecule has 1 aromatic heterocycles. The Labute approximate surface area is 189 Å². The fraction of sp³-hybridized carbons (Fsp3) is 0.167. The number of carbonyl (C=O) groups excluding carboxylic acids is 1. The number of nitrogens with zero attached hydrogens (tertiary/aromatic N) is 2. The van der Waals surface area contributed by atoms with Crippen LogP contribution < -0.4 is 5.32 Å². The maximum Gasteiger partial charge on any atom is 0.273 e. The molecule has 0 aliphatic rings. The van der Waals surface area contributed by atoms with Gasteiger partial charge in [0.2, 0.25) is 5.89 Å². The van der Waals surface area contributed by atoms with Crippen molar-refractivity contribution in [2.45, 2.75) is 26.7 Å². The summed E-state index contributed by atoms with van der Waals surface area (Å²) < 4.78 is 5.89. The van der Waals surface area contributed by atoms with Gasteiger partial charge < -0.3 is 9.73 Å². The summed E-state index contributed by atoms with van der Waals surface area (Å²) in [6.07, 6.45) is 0. The molecule has 1 heterocycles. The normalized spacial score (nSPS) is 11.2. The summed E-state index contributed by atoms with van der Waals surface area (Å²) in [6.45, 7) is 5.84. The molecule has 32 heavy (non-hydrogen) atoms. The summed E-state index contributed by atoms with van der Waals surface area (Å²) >= 11 is 6.28. The molecule has 1 amide bonds. The molecule has 0 spiro atoms. The zero-order chi connectivity index (χ0) is 23.0. The lowest BCUT2D eigenvalue weighted by atomic mass is 10.0. The lowest BCUT2D eigenvalue weighted by molar-refractivity contribution is -0.385. The third-order valence-electron chi connectivity index (χ3n) is 5.21. The highest BCUT2D eigenvalue weighted by Crippen LogP contribution is 2.32. The first kappa shape index (κ1) is 21.5. The van der Waals surface area contributed by atoms with Crippen molar-refractivity contribution < 1.29 is 14.1 Å². The van der Waals surface area contributed by atoms with E-state index in [1.54, 1.807) is 25.1 Å². The van der Waals surface area contributed by atoms with E-state index in [-0.39, 0.29) is 11.3 Å². The molecule has 0 fully saturated rings. The Bertz CT molecular complexity index is 1360. The molecule has 3 aromatic carbocycles. The number of hydrogen-bond donors (Lipinski definition) is 1. The Morgan fingerprint density at radius 3 is 2.62 bits per heavy atom. The molecule has 8 heteroatoms. The molecule has 0 radical (unpaired) electrons. The number of nitro benzene ring substituents is 1. The third kappa shape index (κ3) is 4.20. The average molecular weight is 450 g/mol. The molecule has 4 aromatic rings. The molecular weight excluding hydrogens is 430 g/mol. The van der Waals surface area contributed by atoms with Crippen molar-refractivity contribution in [3.63, 3.8) is 0 Å². The van der Waals surface area contributed by atoms with Crippen molar-refractivity contribution in [3.8, 4) is 11.5 Å². The molecular formula is C24H20ClN3O4. The van der Waals surface area contributed by atoms with Crippen LogP contribution in [0.4, 0.5) is 11.4 Å². The molecule has 4 rings (SSSR count). The van der Waals surface area contributed by atoms with Crippen molar-refractivity contribution in [2.75, 3.05) is 5.32 Å². The summed E-state index contributed by atoms with van der Waals surface area (Å²) in [5.74, 6) is 0.264. The van der Waals surface area contributed by atoms with E-state index in [0.717, 1.165) is 11.1 Å². The number of hydrogen-bond acceptors (Lipinski definition) is 5. The quantitative estimate of drug-likeness (QED) is 0.268. The summed E-state index contributed by atoms with van der Waals surface area (Å²) in [5, 5.41) is 14.2. The minimum atomic E-state index is -0.516. The second-order valence-electron chi connectivity index (χ2n) is 7.81. The molecule has 0 saturated carbocycles. The smallest absolute Gasteiger partial charge is 0.273 e. The number of carbonyl (C=O) groups is 1. The van der Waals surface area contributed by atoms with E-state index in [0.29, 0.717) is 39.2 Å². The van der Waals surface area contributed by atoms with Gasteiger partial charge in [0.15, 0.2) is 5.58 Å². The van der Waals surface area contributed by atoms with Crippen molar-refractivity contribution >= 4 is 40.0 Å². The number of amides is 1. The monoisotopic (exact) mass is 449 g/mol. The summed E-state index contributed by atoms with van der Waals surface area (Å²) in [7, 11) is 0. The molecule has 0 atom stereocenters. The second kappa shape index (κ2) is 8.43. The zero-order valence-electron chi connectivity index (χ0n) is 17.7. The molecule has 0 aliphatic heterocycles. The number of nitrogens with one attached hydrogen (secondary N) is 1. The highest BCUT2D eigenvalue weighted by Gasteiger charge is 2.17. The third-order valence-corrected chi connectivity index (χ3v) is 5.54. The molecule has 0 saturated heterocycles. The fourth-order valence-corrected chi connectivity index (χ4v) is 3.49. The summed E-state index contributed by atoms with van der Waals surface area (Å²) in [4.78, 5) is 28.0. The van der Waals surface area contributed by atoms with E-state index >= 15 is 0 Å². The Kier molecular flexibility index (Phi) is 5.67. The lowest BCUT2D eigenvalue weighted by Crippen LogP contribution is -2.12. The van der Waals surface area contributed by atoms with Gasteiger partial charge in [-0.25, -0.2) is 4.98 Å². The Balaban J connectivity index is 1.65. The van der Waals surface area contributed by atoms with Gasteiger partial charge in [-0.05, 0) is 54.8 Å². The van der Waals surface area contributed by atoms with Crippen molar-refractivity contribution in [1.29, 1.82) is 0 Å². The maximum atomic E-state index is 12.7. The molecule has 0 unspecified atom stereocenters. The van der Waals surface area contributed by atoms with Gasteiger partial charge in [0, 0.05) is 22.8 Å². The summed E-state index contributed by atoms with van der Waals surface area (Å²) in [5.41, 5.74) is 4.08. The number of anilines is 1. The van der Waals surface area contributed by atoms with E-state index in [2.05, 4.69) is 24.1 Å². The first-order valence-electron chi connectivity index (χ1n) is 9.99. The highest BCUT2D eigenvalue weighted by molar-refractivity contribution is 6.34. The average Bonchev–Trinajstić information content (AvgIpc) is 3.18. The van der Waals surface area contributed by atoms with Gasteiger partial charge in [0.25, 0.3) is 11.6 Å². The number of benzene rings is 3. The van der Waals surface area contributed by atoms with Crippen LogP contribution in [0.2, 0.25) is 5.02 Å². The van der Waals surface area contributed by atoms with Crippen LogP contribution in [0, 0.1) is 17.0 Å². The number of aromatic nitrogens is 1. The van der Waals surface area contributed by atoms with Gasteiger partial charge in [-0.1, -0.05) is 37.6 Å². The van der Waals surface area contributed by atoms with Crippen molar-refractivity contribution in [3.05, 3.63) is 86.4 Å². The Hall–Kier alpha value is -3.71. The number of nitro groups is 1. The number of aryl methyl sites for hydroxylation is 1. The van der Waals surface area contributed by atoms with Gasteiger partial charge in [-0.3, -0.25) is 14.9 Å². The van der Waals surface area contributed by atoms with Gasteiger partial charge in [0.05, 0.1) is 15.6 Å². The van der Waals surface area contributed by atoms with Crippen LogP contribution in [0.15, 0.2) is 59.0 Å². The largest absolute Gasteiger partial charge is 0.436 e. The van der Waals surface area contributed by atoms with Crippen LogP contribution >= 0.6 is 11.6 Å². The molecule has 0 bridgehead atoms. The number of oxazole rings is 1. The van der Waals surface area contributed by atoms with Gasteiger partial charge in [-0.15, -0.1) is 0 Å². The van der Waals surface area contributed by atoms with E-state index in [1.165, 1.54) is 18.2 Å². The predicted octanol–water partition coefficient (Wildman–Crippen LogP) is 6.74. The fourth-order valence-electron chi connectivity index (χ4n) is 3.32. The standard InChI is InChI=1S/C24H20ClN3O4/c1-13(2)15-7-9-22-20(10-15)27-24(32-22)17-6-8-18(25)19(11-17)26-23(29)16-5-4-14(3)21(12-16)28(30)31/h4-13H,1-3H3,(H,26,29). The van der Waals surface area contributed by atoms with Crippen molar-refractivity contribution in [2.24, 2.45) is 0 Å².